The summed E-state index contributed by atoms with van der Waals surface area (Å²) >= 11 is 3.51. The predicted molar refractivity (Wildman–Crippen MR) is 121 cm³/mol. The minimum absolute atomic E-state index is 0.113. The number of thioether (sulfide) groups is 1. The molecule has 0 aromatic heterocycles. The highest BCUT2D eigenvalue weighted by atomic mass is 127. The second-order valence-corrected chi connectivity index (χ2v) is 8.43. The molecule has 1 saturated heterocycles. The first-order valence-corrected chi connectivity index (χ1v) is 10.7. The molecule has 1 heterocycles. The molecule has 1 aliphatic heterocycles. The molecule has 8 heteroatoms. The molecule has 6 nitrogen and oxygen atoms in total. The van der Waals surface area contributed by atoms with Crippen LogP contribution in [-0.2, 0) is 9.59 Å². The highest BCUT2D eigenvalue weighted by molar-refractivity contribution is 14.1. The van der Waals surface area contributed by atoms with Gasteiger partial charge < -0.3 is 10.1 Å². The molecule has 3 rings (SSSR count). The SMILES string of the molecule is CCN1C(=O)CC(C(=O)Nc2ccc(I)cc2)SC1=Nc1ccccc1OC. The lowest BCUT2D eigenvalue weighted by molar-refractivity contribution is -0.129. The van der Waals surface area contributed by atoms with Crippen LogP contribution >= 0.6 is 34.4 Å². The van der Waals surface area contributed by atoms with E-state index in [1.54, 1.807) is 12.0 Å². The van der Waals surface area contributed by atoms with E-state index in [0.29, 0.717) is 28.8 Å². The molecule has 1 N–H and O–H groups in total. The quantitative estimate of drug-likeness (QED) is 0.611. The molecule has 0 radical (unpaired) electrons. The number of benzene rings is 2. The Hall–Kier alpha value is -2.07. The van der Waals surface area contributed by atoms with Gasteiger partial charge in [-0.25, -0.2) is 4.99 Å². The van der Waals surface area contributed by atoms with Crippen LogP contribution < -0.4 is 10.1 Å². The van der Waals surface area contributed by atoms with Gasteiger partial charge >= 0.3 is 0 Å². The smallest absolute Gasteiger partial charge is 0.238 e. The molecular weight excluding hydrogens is 489 g/mol. The number of hydrogen-bond donors (Lipinski definition) is 1. The molecule has 0 aliphatic carbocycles. The number of amides is 2. The molecule has 1 unspecified atom stereocenters. The van der Waals surface area contributed by atoms with Gasteiger partial charge in [0.2, 0.25) is 11.8 Å². The van der Waals surface area contributed by atoms with Crippen molar-refractivity contribution >= 4 is 62.7 Å². The maximum atomic E-state index is 12.7. The van der Waals surface area contributed by atoms with Gasteiger partial charge in [-0.1, -0.05) is 23.9 Å². The number of hydrogen-bond acceptors (Lipinski definition) is 5. The lowest BCUT2D eigenvalue weighted by atomic mass is 10.2. The monoisotopic (exact) mass is 509 g/mol. The number of aliphatic imine (C=N–C) groups is 1. The first-order chi connectivity index (χ1) is 13.5. The summed E-state index contributed by atoms with van der Waals surface area (Å²) in [6.07, 6.45) is 0.139. The van der Waals surface area contributed by atoms with Crippen molar-refractivity contribution in [1.82, 2.24) is 4.90 Å². The summed E-state index contributed by atoms with van der Waals surface area (Å²) in [5.41, 5.74) is 1.33. The molecule has 146 valence electrons. The Labute approximate surface area is 181 Å². The van der Waals surface area contributed by atoms with E-state index in [2.05, 4.69) is 32.9 Å². The van der Waals surface area contributed by atoms with Crippen LogP contribution in [0.15, 0.2) is 53.5 Å². The van der Waals surface area contributed by atoms with Crippen LogP contribution in [0.2, 0.25) is 0 Å². The van der Waals surface area contributed by atoms with Crippen LogP contribution in [0, 0.1) is 3.57 Å². The summed E-state index contributed by atoms with van der Waals surface area (Å²) in [6.45, 7) is 2.38. The normalized spacial score (nSPS) is 18.2. The fourth-order valence-corrected chi connectivity index (χ4v) is 4.25. The summed E-state index contributed by atoms with van der Waals surface area (Å²) in [7, 11) is 1.58. The van der Waals surface area contributed by atoms with Crippen molar-refractivity contribution in [2.75, 3.05) is 19.0 Å². The highest BCUT2D eigenvalue weighted by Crippen LogP contribution is 2.33. The largest absolute Gasteiger partial charge is 0.494 e. The topological polar surface area (TPSA) is 71.0 Å². The summed E-state index contributed by atoms with van der Waals surface area (Å²) in [4.78, 5) is 31.6. The molecule has 28 heavy (non-hydrogen) atoms. The summed E-state index contributed by atoms with van der Waals surface area (Å²) in [5.74, 6) is 0.297. The third-order valence-corrected chi connectivity index (χ3v) is 6.07. The molecular formula is C20H20IN3O3S. The number of carbonyl (C=O) groups excluding carboxylic acids is 2. The van der Waals surface area contributed by atoms with Gasteiger partial charge in [-0.15, -0.1) is 0 Å². The number of para-hydroxylation sites is 2. The Balaban J connectivity index is 1.83. The zero-order valence-corrected chi connectivity index (χ0v) is 18.5. The van der Waals surface area contributed by atoms with E-state index in [0.717, 1.165) is 3.57 Å². The number of nitrogens with one attached hydrogen (secondary N) is 1. The molecule has 0 saturated carbocycles. The number of halogens is 1. The lowest BCUT2D eigenvalue weighted by Gasteiger charge is -2.31. The van der Waals surface area contributed by atoms with Crippen molar-refractivity contribution < 1.29 is 14.3 Å². The van der Waals surface area contributed by atoms with Crippen LogP contribution in [0.5, 0.6) is 5.75 Å². The zero-order valence-electron chi connectivity index (χ0n) is 15.5. The van der Waals surface area contributed by atoms with Crippen LogP contribution in [0.4, 0.5) is 11.4 Å². The molecule has 2 aromatic rings. The first-order valence-electron chi connectivity index (χ1n) is 8.77. The van der Waals surface area contributed by atoms with Crippen molar-refractivity contribution in [2.24, 2.45) is 4.99 Å². The van der Waals surface area contributed by atoms with Gasteiger partial charge in [0.15, 0.2) is 5.17 Å². The molecule has 1 atom stereocenters. The average Bonchev–Trinajstić information content (AvgIpc) is 2.70. The van der Waals surface area contributed by atoms with E-state index in [1.807, 2.05) is 55.5 Å². The Kier molecular flexibility index (Phi) is 6.95. The fraction of sp³-hybridized carbons (Fsp3) is 0.250. The number of rotatable bonds is 5. The maximum absolute atomic E-state index is 12.7. The van der Waals surface area contributed by atoms with E-state index < -0.39 is 5.25 Å². The first kappa shape index (κ1) is 20.7. The Morgan fingerprint density at radius 2 is 2.00 bits per heavy atom. The van der Waals surface area contributed by atoms with E-state index >= 15 is 0 Å². The summed E-state index contributed by atoms with van der Waals surface area (Å²) < 4.78 is 6.43. The predicted octanol–water partition coefficient (Wildman–Crippen LogP) is 4.28. The summed E-state index contributed by atoms with van der Waals surface area (Å²) in [5, 5.41) is 2.85. The average molecular weight is 509 g/mol. The maximum Gasteiger partial charge on any atom is 0.238 e. The Bertz CT molecular complexity index is 902. The Morgan fingerprint density at radius 1 is 1.29 bits per heavy atom. The van der Waals surface area contributed by atoms with E-state index in [9.17, 15) is 9.59 Å². The molecule has 1 aliphatic rings. The highest BCUT2D eigenvalue weighted by Gasteiger charge is 2.35. The van der Waals surface area contributed by atoms with Gasteiger partial charge in [0, 0.05) is 22.2 Å². The van der Waals surface area contributed by atoms with Gasteiger partial charge in [0.1, 0.15) is 16.7 Å². The number of amidine groups is 1. The molecule has 0 bridgehead atoms. The Morgan fingerprint density at radius 3 is 2.68 bits per heavy atom. The van der Waals surface area contributed by atoms with Gasteiger partial charge in [-0.3, -0.25) is 14.5 Å². The second kappa shape index (κ2) is 9.42. The third-order valence-electron chi connectivity index (χ3n) is 4.16. The van der Waals surface area contributed by atoms with Crippen molar-refractivity contribution in [1.29, 1.82) is 0 Å². The molecule has 0 spiro atoms. The van der Waals surface area contributed by atoms with Gasteiger partial charge in [0.05, 0.1) is 7.11 Å². The minimum atomic E-state index is -0.539. The van der Waals surface area contributed by atoms with Crippen molar-refractivity contribution in [3.8, 4) is 5.75 Å². The number of nitrogens with zero attached hydrogens (tertiary/aromatic N) is 2. The number of carbonyl (C=O) groups is 2. The zero-order chi connectivity index (χ0) is 20.1. The minimum Gasteiger partial charge on any atom is -0.494 e. The van der Waals surface area contributed by atoms with Crippen LogP contribution in [0.1, 0.15) is 13.3 Å². The van der Waals surface area contributed by atoms with Gasteiger partial charge in [-0.05, 0) is 65.9 Å². The van der Waals surface area contributed by atoms with Crippen LogP contribution in [-0.4, -0.2) is 40.8 Å². The molecule has 1 fully saturated rings. The number of anilines is 1. The fourth-order valence-electron chi connectivity index (χ4n) is 2.73. The van der Waals surface area contributed by atoms with E-state index in [4.69, 9.17) is 4.74 Å². The summed E-state index contributed by atoms with van der Waals surface area (Å²) in [6, 6.07) is 14.9. The third kappa shape index (κ3) is 4.85. The van der Waals surface area contributed by atoms with Crippen molar-refractivity contribution in [3.63, 3.8) is 0 Å². The lowest BCUT2D eigenvalue weighted by Crippen LogP contribution is -2.45. The van der Waals surface area contributed by atoms with Gasteiger partial charge in [0.25, 0.3) is 0 Å². The van der Waals surface area contributed by atoms with E-state index in [-0.39, 0.29) is 18.2 Å². The van der Waals surface area contributed by atoms with E-state index in [1.165, 1.54) is 11.8 Å². The van der Waals surface area contributed by atoms with Crippen LogP contribution in [0.25, 0.3) is 0 Å². The van der Waals surface area contributed by atoms with Crippen molar-refractivity contribution in [3.05, 3.63) is 52.1 Å². The number of methoxy groups -OCH3 is 1. The second-order valence-electron chi connectivity index (χ2n) is 6.01. The number of ether oxygens (including phenoxy) is 1. The molecule has 2 amide bonds. The van der Waals surface area contributed by atoms with Gasteiger partial charge in [-0.2, -0.15) is 0 Å². The van der Waals surface area contributed by atoms with Crippen molar-refractivity contribution in [2.45, 2.75) is 18.6 Å². The van der Waals surface area contributed by atoms with Crippen LogP contribution in [0.3, 0.4) is 0 Å². The molecule has 2 aromatic carbocycles. The standard InChI is InChI=1S/C20H20IN3O3S/c1-3-24-18(25)12-17(19(26)22-14-10-8-13(21)9-11-14)28-20(24)23-15-6-4-5-7-16(15)27-2/h4-11,17H,3,12H2,1-2H3,(H,22,26).